The van der Waals surface area contributed by atoms with Gasteiger partial charge in [-0.3, -0.25) is 4.72 Å². The van der Waals surface area contributed by atoms with Gasteiger partial charge in [0, 0.05) is 12.3 Å². The zero-order valence-corrected chi connectivity index (χ0v) is 12.1. The fraction of sp³-hybridized carbons (Fsp3) is 0.143. The lowest BCUT2D eigenvalue weighted by atomic mass is 10.3. The van der Waals surface area contributed by atoms with Crippen LogP contribution in [0.1, 0.15) is 12.6 Å². The minimum atomic E-state index is -3.75. The third kappa shape index (κ3) is 3.70. The third-order valence-corrected chi connectivity index (χ3v) is 3.92. The van der Waals surface area contributed by atoms with Crippen LogP contribution in [0.4, 0.5) is 5.69 Å². The summed E-state index contributed by atoms with van der Waals surface area (Å²) in [5.74, 6) is 0.579. The maximum Gasteiger partial charge on any atom is 0.263 e. The highest BCUT2D eigenvalue weighted by molar-refractivity contribution is 7.92. The standard InChI is InChI=1S/C14H13N3O3S/c1-2-20-13-5-3-4-11(8-13)17-21(18,19)14-7-6-12(9-15)16-10-14/h3-8,10,17H,2H2,1H3. The van der Waals surface area contributed by atoms with Crippen molar-refractivity contribution in [1.29, 1.82) is 5.26 Å². The molecule has 0 atom stereocenters. The first kappa shape index (κ1) is 14.8. The van der Waals surface area contributed by atoms with E-state index in [2.05, 4.69) is 9.71 Å². The summed E-state index contributed by atoms with van der Waals surface area (Å²) in [6.45, 7) is 2.34. The minimum absolute atomic E-state index is 0.0108. The van der Waals surface area contributed by atoms with Crippen LogP contribution in [-0.2, 0) is 10.0 Å². The van der Waals surface area contributed by atoms with E-state index in [4.69, 9.17) is 10.00 Å². The van der Waals surface area contributed by atoms with Crippen LogP contribution in [-0.4, -0.2) is 20.0 Å². The Bertz CT molecular complexity index is 765. The molecule has 0 spiro atoms. The van der Waals surface area contributed by atoms with E-state index in [0.717, 1.165) is 6.20 Å². The van der Waals surface area contributed by atoms with Crippen LogP contribution in [0.15, 0.2) is 47.5 Å². The van der Waals surface area contributed by atoms with Gasteiger partial charge >= 0.3 is 0 Å². The van der Waals surface area contributed by atoms with Crippen LogP contribution in [0, 0.1) is 11.3 Å². The second kappa shape index (κ2) is 6.24. The molecule has 0 saturated carbocycles. The highest BCUT2D eigenvalue weighted by atomic mass is 32.2. The average Bonchev–Trinajstić information content (AvgIpc) is 2.47. The second-order valence-electron chi connectivity index (χ2n) is 4.06. The predicted molar refractivity (Wildman–Crippen MR) is 77.4 cm³/mol. The summed E-state index contributed by atoms with van der Waals surface area (Å²) in [4.78, 5) is 3.74. The lowest BCUT2D eigenvalue weighted by Gasteiger charge is -2.09. The van der Waals surface area contributed by atoms with Crippen molar-refractivity contribution in [3.8, 4) is 11.8 Å². The molecule has 108 valence electrons. The van der Waals surface area contributed by atoms with Gasteiger partial charge in [-0.05, 0) is 31.2 Å². The van der Waals surface area contributed by atoms with Crippen molar-refractivity contribution >= 4 is 15.7 Å². The molecule has 0 bridgehead atoms. The zero-order chi connectivity index (χ0) is 15.3. The molecule has 1 heterocycles. The maximum absolute atomic E-state index is 12.2. The van der Waals surface area contributed by atoms with Crippen molar-refractivity contribution < 1.29 is 13.2 Å². The van der Waals surface area contributed by atoms with Gasteiger partial charge < -0.3 is 4.74 Å². The van der Waals surface area contributed by atoms with Crippen LogP contribution in [0.3, 0.4) is 0 Å². The molecule has 0 unspecified atom stereocenters. The first-order valence-corrected chi connectivity index (χ1v) is 7.65. The first-order valence-electron chi connectivity index (χ1n) is 6.17. The van der Waals surface area contributed by atoms with Crippen LogP contribution < -0.4 is 9.46 Å². The number of ether oxygens (including phenoxy) is 1. The van der Waals surface area contributed by atoms with E-state index in [-0.39, 0.29) is 10.6 Å². The number of aromatic nitrogens is 1. The molecule has 21 heavy (non-hydrogen) atoms. The lowest BCUT2D eigenvalue weighted by Crippen LogP contribution is -2.13. The molecule has 1 aromatic heterocycles. The van der Waals surface area contributed by atoms with E-state index < -0.39 is 10.0 Å². The molecule has 1 aromatic carbocycles. The fourth-order valence-electron chi connectivity index (χ4n) is 1.64. The van der Waals surface area contributed by atoms with Crippen molar-refractivity contribution in [2.24, 2.45) is 0 Å². The van der Waals surface area contributed by atoms with Gasteiger partial charge in [0.05, 0.1) is 12.3 Å². The molecule has 0 saturated heterocycles. The Morgan fingerprint density at radius 1 is 1.33 bits per heavy atom. The van der Waals surface area contributed by atoms with Crippen molar-refractivity contribution in [2.45, 2.75) is 11.8 Å². The summed E-state index contributed by atoms with van der Waals surface area (Å²) >= 11 is 0. The van der Waals surface area contributed by atoms with Crippen molar-refractivity contribution in [2.75, 3.05) is 11.3 Å². The highest BCUT2D eigenvalue weighted by Crippen LogP contribution is 2.20. The summed E-state index contributed by atoms with van der Waals surface area (Å²) in [7, 11) is -3.75. The molecular weight excluding hydrogens is 290 g/mol. The Morgan fingerprint density at radius 2 is 2.14 bits per heavy atom. The van der Waals surface area contributed by atoms with Gasteiger partial charge in [-0.2, -0.15) is 5.26 Å². The van der Waals surface area contributed by atoms with E-state index in [0.29, 0.717) is 18.0 Å². The number of rotatable bonds is 5. The number of hydrogen-bond donors (Lipinski definition) is 1. The number of nitrogens with one attached hydrogen (secondary N) is 1. The molecule has 7 heteroatoms. The maximum atomic E-state index is 12.2. The number of anilines is 1. The lowest BCUT2D eigenvalue weighted by molar-refractivity contribution is 0.340. The summed E-state index contributed by atoms with van der Waals surface area (Å²) in [6.07, 6.45) is 1.15. The SMILES string of the molecule is CCOc1cccc(NS(=O)(=O)c2ccc(C#N)nc2)c1. The zero-order valence-electron chi connectivity index (χ0n) is 11.3. The molecule has 0 fully saturated rings. The molecule has 0 amide bonds. The van der Waals surface area contributed by atoms with Gasteiger partial charge in [-0.25, -0.2) is 13.4 Å². The van der Waals surface area contributed by atoms with Gasteiger partial charge in [0.2, 0.25) is 0 Å². The van der Waals surface area contributed by atoms with Crippen molar-refractivity contribution in [3.05, 3.63) is 48.3 Å². The average molecular weight is 303 g/mol. The summed E-state index contributed by atoms with van der Waals surface area (Å²) in [6, 6.07) is 11.2. The largest absolute Gasteiger partial charge is 0.494 e. The molecule has 0 radical (unpaired) electrons. The van der Waals surface area contributed by atoms with Gasteiger partial charge in [-0.1, -0.05) is 6.07 Å². The molecule has 1 N–H and O–H groups in total. The van der Waals surface area contributed by atoms with Gasteiger partial charge in [0.25, 0.3) is 10.0 Å². The summed E-state index contributed by atoms with van der Waals surface area (Å²) < 4.78 is 32.1. The van der Waals surface area contributed by atoms with Gasteiger partial charge in [0.1, 0.15) is 22.4 Å². The third-order valence-electron chi connectivity index (χ3n) is 2.56. The predicted octanol–water partition coefficient (Wildman–Crippen LogP) is 2.15. The normalized spacial score (nSPS) is 10.7. The Morgan fingerprint density at radius 3 is 2.76 bits per heavy atom. The van der Waals surface area contributed by atoms with Crippen LogP contribution in [0.25, 0.3) is 0 Å². The van der Waals surface area contributed by atoms with Crippen LogP contribution >= 0.6 is 0 Å². The molecule has 6 nitrogen and oxygen atoms in total. The number of nitriles is 1. The van der Waals surface area contributed by atoms with Gasteiger partial charge in [0.15, 0.2) is 0 Å². The molecule has 0 aliphatic carbocycles. The van der Waals surface area contributed by atoms with Crippen molar-refractivity contribution in [1.82, 2.24) is 4.98 Å². The molecule has 0 aliphatic rings. The number of pyridine rings is 1. The van der Waals surface area contributed by atoms with E-state index in [1.54, 1.807) is 24.3 Å². The Balaban J connectivity index is 2.24. The number of hydrogen-bond acceptors (Lipinski definition) is 5. The van der Waals surface area contributed by atoms with E-state index in [9.17, 15) is 8.42 Å². The van der Waals surface area contributed by atoms with E-state index in [1.165, 1.54) is 12.1 Å². The van der Waals surface area contributed by atoms with Crippen LogP contribution in [0.5, 0.6) is 5.75 Å². The molecule has 2 rings (SSSR count). The Kier molecular flexibility index (Phi) is 4.40. The topological polar surface area (TPSA) is 92.1 Å². The smallest absolute Gasteiger partial charge is 0.263 e. The Hall–Kier alpha value is -2.59. The summed E-state index contributed by atoms with van der Waals surface area (Å²) in [5.41, 5.74) is 0.553. The number of nitrogens with zero attached hydrogens (tertiary/aromatic N) is 2. The molecule has 2 aromatic rings. The van der Waals surface area contributed by atoms with E-state index >= 15 is 0 Å². The van der Waals surface area contributed by atoms with Crippen LogP contribution in [0.2, 0.25) is 0 Å². The molecule has 0 aliphatic heterocycles. The first-order chi connectivity index (χ1) is 10.0. The van der Waals surface area contributed by atoms with Crippen molar-refractivity contribution in [3.63, 3.8) is 0 Å². The Labute approximate surface area is 123 Å². The second-order valence-corrected chi connectivity index (χ2v) is 5.74. The minimum Gasteiger partial charge on any atom is -0.494 e. The number of benzene rings is 1. The number of sulfonamides is 1. The van der Waals surface area contributed by atoms with Gasteiger partial charge in [-0.15, -0.1) is 0 Å². The van der Waals surface area contributed by atoms with E-state index in [1.807, 2.05) is 13.0 Å². The summed E-state index contributed by atoms with van der Waals surface area (Å²) in [5, 5.41) is 8.66. The molecular formula is C14H13N3O3S. The highest BCUT2D eigenvalue weighted by Gasteiger charge is 2.15. The fourth-order valence-corrected chi connectivity index (χ4v) is 2.63. The monoisotopic (exact) mass is 303 g/mol. The quantitative estimate of drug-likeness (QED) is 0.913.